The Morgan fingerprint density at radius 2 is 2.23 bits per heavy atom. The molecule has 1 aromatic heterocycles. The number of hydrogen-bond donors (Lipinski definition) is 2. The van der Waals surface area contributed by atoms with Crippen LogP contribution in [0.2, 0.25) is 0 Å². The summed E-state index contributed by atoms with van der Waals surface area (Å²) in [5, 5.41) is 16.9. The van der Waals surface area contributed by atoms with E-state index in [1.165, 1.54) is 0 Å². The lowest BCUT2D eigenvalue weighted by molar-refractivity contribution is 0.0119. The number of hydrogen-bond acceptors (Lipinski definition) is 4. The number of carbonyl (C=O) groups is 1. The van der Waals surface area contributed by atoms with Gasteiger partial charge in [0.15, 0.2) is 0 Å². The first-order valence-corrected chi connectivity index (χ1v) is 7.72. The number of rotatable bonds is 4. The predicted molar refractivity (Wildman–Crippen MR) is 84.3 cm³/mol. The Hall–Kier alpha value is -1.60. The van der Waals surface area contributed by atoms with Gasteiger partial charge in [-0.25, -0.2) is 4.79 Å². The highest BCUT2D eigenvalue weighted by Gasteiger charge is 2.29. The van der Waals surface area contributed by atoms with Gasteiger partial charge < -0.3 is 15.3 Å². The van der Waals surface area contributed by atoms with Crippen LogP contribution in [0.1, 0.15) is 26.5 Å². The number of nitrogens with one attached hydrogen (secondary N) is 1. The summed E-state index contributed by atoms with van der Waals surface area (Å²) in [5.74, 6) is 0. The number of aryl methyl sites for hydroxylation is 1. The predicted octanol–water partition coefficient (Wildman–Crippen LogP) is 0.407. The van der Waals surface area contributed by atoms with E-state index in [4.69, 9.17) is 0 Å². The van der Waals surface area contributed by atoms with E-state index < -0.39 is 5.60 Å². The minimum Gasteiger partial charge on any atom is -0.389 e. The van der Waals surface area contributed by atoms with Gasteiger partial charge in [0.1, 0.15) is 0 Å². The average Bonchev–Trinajstić information content (AvgIpc) is 2.80. The molecule has 0 aliphatic carbocycles. The van der Waals surface area contributed by atoms with E-state index in [1.54, 1.807) is 10.9 Å². The van der Waals surface area contributed by atoms with E-state index in [0.29, 0.717) is 19.6 Å². The monoisotopic (exact) mass is 309 g/mol. The van der Waals surface area contributed by atoms with Crippen molar-refractivity contribution in [2.45, 2.75) is 39.0 Å². The smallest absolute Gasteiger partial charge is 0.318 e. The number of nitrogens with zero attached hydrogens (tertiary/aromatic N) is 4. The van der Waals surface area contributed by atoms with Crippen LogP contribution in [-0.2, 0) is 13.6 Å². The molecule has 1 fully saturated rings. The Labute approximate surface area is 131 Å². The number of carbonyl (C=O) groups excluding carboxylic acids is 1. The molecule has 1 atom stereocenters. The third kappa shape index (κ3) is 4.45. The van der Waals surface area contributed by atoms with E-state index >= 15 is 0 Å². The van der Waals surface area contributed by atoms with Crippen LogP contribution in [0.3, 0.4) is 0 Å². The second-order valence-electron chi connectivity index (χ2n) is 6.69. The van der Waals surface area contributed by atoms with E-state index in [0.717, 1.165) is 18.8 Å². The zero-order chi connectivity index (χ0) is 16.3. The van der Waals surface area contributed by atoms with Gasteiger partial charge in [-0.3, -0.25) is 9.58 Å². The summed E-state index contributed by atoms with van der Waals surface area (Å²) in [6, 6.07) is 1.98. The van der Waals surface area contributed by atoms with Crippen molar-refractivity contribution in [3.63, 3.8) is 0 Å². The average molecular weight is 309 g/mol. The zero-order valence-corrected chi connectivity index (χ0v) is 13.9. The number of β-amino-alcohol motifs (C(OH)–C–C–N with tert-alkyl or cyclic N) is 1. The number of urea groups is 1. The maximum atomic E-state index is 12.3. The first kappa shape index (κ1) is 16.8. The maximum Gasteiger partial charge on any atom is 0.318 e. The van der Waals surface area contributed by atoms with Crippen molar-refractivity contribution in [2.75, 3.05) is 26.2 Å². The number of piperazine rings is 1. The SMILES string of the molecule is C[C@@H]1CN(CC(C)(C)O)CCN1C(=O)NCc1ccnn1C. The molecule has 0 aromatic carbocycles. The zero-order valence-electron chi connectivity index (χ0n) is 13.9. The minimum atomic E-state index is -0.705. The van der Waals surface area contributed by atoms with Crippen LogP contribution in [0, 0.1) is 0 Å². The number of amides is 2. The molecule has 1 aliphatic rings. The third-order valence-corrected chi connectivity index (χ3v) is 3.93. The highest BCUT2D eigenvalue weighted by atomic mass is 16.3. The van der Waals surface area contributed by atoms with Crippen LogP contribution >= 0.6 is 0 Å². The third-order valence-electron chi connectivity index (χ3n) is 3.93. The number of aliphatic hydroxyl groups is 1. The van der Waals surface area contributed by atoms with Crippen LogP contribution in [-0.4, -0.2) is 68.5 Å². The van der Waals surface area contributed by atoms with Gasteiger partial charge >= 0.3 is 6.03 Å². The molecule has 0 saturated carbocycles. The molecule has 0 spiro atoms. The van der Waals surface area contributed by atoms with Crippen molar-refractivity contribution in [3.05, 3.63) is 18.0 Å². The fourth-order valence-corrected chi connectivity index (χ4v) is 2.87. The molecular weight excluding hydrogens is 282 g/mol. The Morgan fingerprint density at radius 3 is 2.77 bits per heavy atom. The van der Waals surface area contributed by atoms with E-state index in [9.17, 15) is 9.90 Å². The van der Waals surface area contributed by atoms with Crippen molar-refractivity contribution < 1.29 is 9.90 Å². The second kappa shape index (κ2) is 6.66. The van der Waals surface area contributed by atoms with Crippen molar-refractivity contribution >= 4 is 6.03 Å². The molecule has 2 amide bonds. The molecule has 0 bridgehead atoms. The quantitative estimate of drug-likeness (QED) is 0.845. The molecule has 1 saturated heterocycles. The van der Waals surface area contributed by atoms with Crippen molar-refractivity contribution in [3.8, 4) is 0 Å². The highest BCUT2D eigenvalue weighted by molar-refractivity contribution is 5.74. The van der Waals surface area contributed by atoms with Gasteiger partial charge in [-0.1, -0.05) is 0 Å². The van der Waals surface area contributed by atoms with Gasteiger partial charge in [-0.15, -0.1) is 0 Å². The molecule has 1 aliphatic heterocycles. The summed E-state index contributed by atoms with van der Waals surface area (Å²) in [5.41, 5.74) is 0.269. The Bertz CT molecular complexity index is 508. The Balaban J connectivity index is 1.83. The van der Waals surface area contributed by atoms with Gasteiger partial charge in [0, 0.05) is 45.5 Å². The van der Waals surface area contributed by atoms with Gasteiger partial charge in [-0.2, -0.15) is 5.10 Å². The molecule has 0 radical (unpaired) electrons. The first-order chi connectivity index (χ1) is 10.3. The lowest BCUT2D eigenvalue weighted by Crippen LogP contribution is -2.58. The summed E-state index contributed by atoms with van der Waals surface area (Å²) < 4.78 is 1.75. The van der Waals surface area contributed by atoms with E-state index in [2.05, 4.69) is 15.3 Å². The molecule has 2 N–H and O–H groups in total. The topological polar surface area (TPSA) is 73.6 Å². The van der Waals surface area contributed by atoms with E-state index in [-0.39, 0.29) is 12.1 Å². The molecule has 2 rings (SSSR count). The van der Waals surface area contributed by atoms with Crippen molar-refractivity contribution in [2.24, 2.45) is 7.05 Å². The van der Waals surface area contributed by atoms with Gasteiger partial charge in [0.05, 0.1) is 17.8 Å². The maximum absolute atomic E-state index is 12.3. The van der Waals surface area contributed by atoms with Crippen LogP contribution in [0.15, 0.2) is 12.3 Å². The van der Waals surface area contributed by atoms with Crippen molar-refractivity contribution in [1.29, 1.82) is 0 Å². The van der Waals surface area contributed by atoms with Crippen LogP contribution in [0.5, 0.6) is 0 Å². The molecule has 124 valence electrons. The first-order valence-electron chi connectivity index (χ1n) is 7.72. The fraction of sp³-hybridized carbons (Fsp3) is 0.733. The molecule has 7 nitrogen and oxygen atoms in total. The second-order valence-corrected chi connectivity index (χ2v) is 6.69. The van der Waals surface area contributed by atoms with Crippen LogP contribution in [0.4, 0.5) is 4.79 Å². The fourth-order valence-electron chi connectivity index (χ4n) is 2.87. The minimum absolute atomic E-state index is 0.0448. The standard InChI is InChI=1S/C15H27N5O2/c1-12-10-19(11-15(2,3)22)7-8-20(12)14(21)16-9-13-5-6-17-18(13)4/h5-6,12,22H,7-11H2,1-4H3,(H,16,21)/t12-/m1/s1. The van der Waals surface area contributed by atoms with Gasteiger partial charge in [-0.05, 0) is 26.8 Å². The van der Waals surface area contributed by atoms with Crippen LogP contribution in [0.25, 0.3) is 0 Å². The summed E-state index contributed by atoms with van der Waals surface area (Å²) >= 11 is 0. The molecule has 7 heteroatoms. The normalized spacial score (nSPS) is 20.2. The van der Waals surface area contributed by atoms with E-state index in [1.807, 2.05) is 38.8 Å². The lowest BCUT2D eigenvalue weighted by Gasteiger charge is -2.41. The highest BCUT2D eigenvalue weighted by Crippen LogP contribution is 2.13. The molecule has 0 unspecified atom stereocenters. The molecule has 22 heavy (non-hydrogen) atoms. The van der Waals surface area contributed by atoms with Crippen LogP contribution < -0.4 is 5.32 Å². The summed E-state index contributed by atoms with van der Waals surface area (Å²) in [6.07, 6.45) is 1.72. The van der Waals surface area contributed by atoms with Gasteiger partial charge in [0.2, 0.25) is 0 Å². The summed E-state index contributed by atoms with van der Waals surface area (Å²) in [4.78, 5) is 16.4. The van der Waals surface area contributed by atoms with Crippen molar-refractivity contribution in [1.82, 2.24) is 24.9 Å². The Kier molecular flexibility index (Phi) is 5.08. The molecule has 2 heterocycles. The summed E-state index contributed by atoms with van der Waals surface area (Å²) in [6.45, 7) is 9.01. The Morgan fingerprint density at radius 1 is 1.50 bits per heavy atom. The van der Waals surface area contributed by atoms with Gasteiger partial charge in [0.25, 0.3) is 0 Å². The lowest BCUT2D eigenvalue weighted by atomic mass is 10.1. The summed E-state index contributed by atoms with van der Waals surface area (Å²) in [7, 11) is 1.86. The molecular formula is C15H27N5O2. The molecule has 1 aromatic rings. The largest absolute Gasteiger partial charge is 0.389 e. The number of aromatic nitrogens is 2.